The first-order valence-corrected chi connectivity index (χ1v) is 7.76. The van der Waals surface area contributed by atoms with E-state index in [0.717, 1.165) is 12.8 Å². The average molecular weight is 331 g/mol. The lowest BCUT2D eigenvalue weighted by Gasteiger charge is -2.36. The summed E-state index contributed by atoms with van der Waals surface area (Å²) in [5.41, 5.74) is 12.1. The first-order chi connectivity index (χ1) is 11.4. The molecule has 2 aromatic rings. The van der Waals surface area contributed by atoms with Crippen molar-refractivity contribution in [3.63, 3.8) is 0 Å². The van der Waals surface area contributed by atoms with Crippen LogP contribution >= 0.6 is 0 Å². The molecule has 0 unspecified atom stereocenters. The molecular formula is C14H21N9O. The second kappa shape index (κ2) is 6.40. The van der Waals surface area contributed by atoms with E-state index in [1.165, 1.54) is 0 Å². The molecule has 0 spiro atoms. The van der Waals surface area contributed by atoms with Crippen molar-refractivity contribution < 1.29 is 4.79 Å². The number of carbonyl (C=O) groups excluding carboxylic acids is 1. The second-order valence-electron chi connectivity index (χ2n) is 6.04. The zero-order valence-electron chi connectivity index (χ0n) is 13.7. The quantitative estimate of drug-likeness (QED) is 0.697. The van der Waals surface area contributed by atoms with Gasteiger partial charge in [0.2, 0.25) is 5.95 Å². The van der Waals surface area contributed by atoms with Crippen LogP contribution < -0.4 is 21.7 Å². The van der Waals surface area contributed by atoms with Crippen molar-refractivity contribution in [2.45, 2.75) is 31.8 Å². The highest BCUT2D eigenvalue weighted by molar-refractivity contribution is 5.96. The van der Waals surface area contributed by atoms with Crippen LogP contribution in [0.5, 0.6) is 0 Å². The number of aryl methyl sites for hydroxylation is 1. The highest BCUT2D eigenvalue weighted by Gasteiger charge is 2.27. The zero-order valence-corrected chi connectivity index (χ0v) is 13.7. The maximum atomic E-state index is 11.6. The molecule has 1 amide bonds. The summed E-state index contributed by atoms with van der Waals surface area (Å²) in [7, 11) is 1.79. The summed E-state index contributed by atoms with van der Waals surface area (Å²) in [5, 5.41) is 15.1. The monoisotopic (exact) mass is 331 g/mol. The van der Waals surface area contributed by atoms with Gasteiger partial charge >= 0.3 is 0 Å². The largest absolute Gasteiger partial charge is 0.364 e. The van der Waals surface area contributed by atoms with Gasteiger partial charge in [0.05, 0.1) is 11.9 Å². The van der Waals surface area contributed by atoms with E-state index in [-0.39, 0.29) is 23.6 Å². The van der Waals surface area contributed by atoms with Crippen molar-refractivity contribution in [2.24, 2.45) is 18.5 Å². The van der Waals surface area contributed by atoms with Gasteiger partial charge in [0, 0.05) is 31.9 Å². The summed E-state index contributed by atoms with van der Waals surface area (Å²) >= 11 is 0. The molecule has 1 fully saturated rings. The van der Waals surface area contributed by atoms with Crippen LogP contribution in [0.1, 0.15) is 30.3 Å². The molecule has 1 aliphatic heterocycles. The summed E-state index contributed by atoms with van der Waals surface area (Å²) in [6.07, 6.45) is 5.29. The first kappa shape index (κ1) is 16.1. The molecule has 1 saturated heterocycles. The smallest absolute Gasteiger partial charge is 0.273 e. The number of hydrogen-bond donors (Lipinski definition) is 3. The van der Waals surface area contributed by atoms with Crippen molar-refractivity contribution >= 4 is 23.4 Å². The number of primary amides is 1. The summed E-state index contributed by atoms with van der Waals surface area (Å²) in [6.45, 7) is 2.73. The molecule has 3 rings (SSSR count). The van der Waals surface area contributed by atoms with E-state index >= 15 is 0 Å². The van der Waals surface area contributed by atoms with Gasteiger partial charge in [-0.15, -0.1) is 10.2 Å². The van der Waals surface area contributed by atoms with Gasteiger partial charge in [0.25, 0.3) is 5.91 Å². The number of rotatable bonds is 4. The molecule has 5 N–H and O–H groups in total. The maximum Gasteiger partial charge on any atom is 0.273 e. The number of nitrogens with one attached hydrogen (secondary N) is 1. The number of nitrogens with zero attached hydrogens (tertiary/aromatic N) is 6. The van der Waals surface area contributed by atoms with Gasteiger partial charge in [-0.1, -0.05) is 0 Å². The van der Waals surface area contributed by atoms with Crippen molar-refractivity contribution in [1.82, 2.24) is 25.0 Å². The van der Waals surface area contributed by atoms with Gasteiger partial charge in [-0.05, 0) is 19.8 Å². The minimum Gasteiger partial charge on any atom is -0.364 e. The van der Waals surface area contributed by atoms with E-state index in [1.54, 1.807) is 24.1 Å². The van der Waals surface area contributed by atoms with Crippen LogP contribution in [0.25, 0.3) is 0 Å². The molecule has 0 bridgehead atoms. The van der Waals surface area contributed by atoms with Crippen molar-refractivity contribution in [1.29, 1.82) is 0 Å². The molecule has 0 aromatic carbocycles. The third-order valence-corrected chi connectivity index (χ3v) is 4.05. The summed E-state index contributed by atoms with van der Waals surface area (Å²) in [5.74, 6) is -0.0165. The number of nitrogens with two attached hydrogens (primary N) is 2. The Hall–Kier alpha value is -2.75. The average Bonchev–Trinajstić information content (AvgIpc) is 2.94. The lowest BCUT2D eigenvalue weighted by molar-refractivity contribution is 0.0995. The van der Waals surface area contributed by atoms with Crippen LogP contribution in [0.3, 0.4) is 0 Å². The number of piperidine rings is 1. The lowest BCUT2D eigenvalue weighted by atomic mass is 10.0. The number of hydrogen-bond acceptors (Lipinski definition) is 8. The Morgan fingerprint density at radius 3 is 2.83 bits per heavy atom. The normalized spacial score (nSPS) is 20.9. The standard InChI is InChI=1S/C14H21N9O/c1-8-3-4-9(15)6-23(8)14-19-13(11(12(16)24)20-21-14)18-10-5-17-22(2)7-10/h5,7-9H,3-4,6,15H2,1-2H3,(H2,16,24)(H,18,19,21)/t8-,9+/m0/s1. The van der Waals surface area contributed by atoms with Crippen molar-refractivity contribution in [3.05, 3.63) is 18.1 Å². The fourth-order valence-corrected chi connectivity index (χ4v) is 2.73. The predicted molar refractivity (Wildman–Crippen MR) is 88.9 cm³/mol. The van der Waals surface area contributed by atoms with E-state index in [1.807, 2.05) is 4.90 Å². The molecule has 0 saturated carbocycles. The van der Waals surface area contributed by atoms with Crippen LogP contribution in [0.4, 0.5) is 17.5 Å². The summed E-state index contributed by atoms with van der Waals surface area (Å²) in [6, 6.07) is 0.313. The van der Waals surface area contributed by atoms with E-state index in [4.69, 9.17) is 11.5 Å². The van der Waals surface area contributed by atoms with Crippen LogP contribution in [0, 0.1) is 0 Å². The Kier molecular flexibility index (Phi) is 4.30. The summed E-state index contributed by atoms with van der Waals surface area (Å²) < 4.78 is 1.63. The SMILES string of the molecule is C[C@H]1CC[C@@H](N)CN1c1nnc(C(N)=O)c(Nc2cnn(C)c2)n1. The Labute approximate surface area is 139 Å². The highest BCUT2D eigenvalue weighted by atomic mass is 16.1. The predicted octanol–water partition coefficient (Wildman–Crippen LogP) is -0.236. The lowest BCUT2D eigenvalue weighted by Crippen LogP contribution is -2.48. The van der Waals surface area contributed by atoms with Gasteiger partial charge in [-0.2, -0.15) is 10.1 Å². The fraction of sp³-hybridized carbons (Fsp3) is 0.500. The molecule has 10 nitrogen and oxygen atoms in total. The van der Waals surface area contributed by atoms with Crippen LogP contribution in [-0.2, 0) is 7.05 Å². The third kappa shape index (κ3) is 3.27. The zero-order chi connectivity index (χ0) is 17.3. The number of aromatic nitrogens is 5. The molecule has 2 atom stereocenters. The number of anilines is 3. The molecule has 24 heavy (non-hydrogen) atoms. The minimum atomic E-state index is -0.698. The van der Waals surface area contributed by atoms with Crippen LogP contribution in [0.2, 0.25) is 0 Å². The topological polar surface area (TPSA) is 141 Å². The number of carbonyl (C=O) groups is 1. The van der Waals surface area contributed by atoms with E-state index in [2.05, 4.69) is 32.5 Å². The van der Waals surface area contributed by atoms with Gasteiger partial charge < -0.3 is 21.7 Å². The number of amides is 1. The molecule has 10 heteroatoms. The van der Waals surface area contributed by atoms with Crippen LogP contribution in [-0.4, -0.2) is 49.5 Å². The van der Waals surface area contributed by atoms with Crippen molar-refractivity contribution in [2.75, 3.05) is 16.8 Å². The Morgan fingerprint density at radius 2 is 2.17 bits per heavy atom. The van der Waals surface area contributed by atoms with Gasteiger partial charge in [0.1, 0.15) is 0 Å². The molecule has 2 aromatic heterocycles. The molecule has 3 heterocycles. The van der Waals surface area contributed by atoms with Crippen molar-refractivity contribution in [3.8, 4) is 0 Å². The molecule has 1 aliphatic rings. The molecule has 0 aliphatic carbocycles. The Balaban J connectivity index is 1.94. The molecular weight excluding hydrogens is 310 g/mol. The van der Waals surface area contributed by atoms with E-state index in [0.29, 0.717) is 18.2 Å². The molecule has 128 valence electrons. The maximum absolute atomic E-state index is 11.6. The second-order valence-corrected chi connectivity index (χ2v) is 6.04. The van der Waals surface area contributed by atoms with Gasteiger partial charge in [-0.25, -0.2) is 0 Å². The van der Waals surface area contributed by atoms with Gasteiger partial charge in [-0.3, -0.25) is 9.48 Å². The minimum absolute atomic E-state index is 0.0171. The summed E-state index contributed by atoms with van der Waals surface area (Å²) in [4.78, 5) is 18.1. The highest BCUT2D eigenvalue weighted by Crippen LogP contribution is 2.23. The molecule has 0 radical (unpaired) electrons. The Bertz CT molecular complexity index is 744. The Morgan fingerprint density at radius 1 is 1.38 bits per heavy atom. The third-order valence-electron chi connectivity index (χ3n) is 4.05. The fourth-order valence-electron chi connectivity index (χ4n) is 2.73. The van der Waals surface area contributed by atoms with E-state index in [9.17, 15) is 4.79 Å². The van der Waals surface area contributed by atoms with Crippen LogP contribution in [0.15, 0.2) is 12.4 Å². The van der Waals surface area contributed by atoms with E-state index < -0.39 is 5.91 Å². The first-order valence-electron chi connectivity index (χ1n) is 7.76. The van der Waals surface area contributed by atoms with Gasteiger partial charge in [0.15, 0.2) is 11.5 Å².